The molecule has 3 unspecified atom stereocenters. The fourth-order valence-corrected chi connectivity index (χ4v) is 4.02. The van der Waals surface area contributed by atoms with Crippen LogP contribution < -0.4 is 5.32 Å². The summed E-state index contributed by atoms with van der Waals surface area (Å²) in [4.78, 5) is 0. The van der Waals surface area contributed by atoms with Crippen molar-refractivity contribution < 1.29 is 4.42 Å². The Morgan fingerprint density at radius 1 is 1.16 bits per heavy atom. The van der Waals surface area contributed by atoms with Crippen molar-refractivity contribution in [1.29, 1.82) is 0 Å². The molecule has 19 heavy (non-hydrogen) atoms. The lowest BCUT2D eigenvalue weighted by Gasteiger charge is -2.37. The van der Waals surface area contributed by atoms with E-state index in [1.165, 1.54) is 43.2 Å². The van der Waals surface area contributed by atoms with E-state index in [1.54, 1.807) is 0 Å². The molecule has 0 aliphatic heterocycles. The lowest BCUT2D eigenvalue weighted by Crippen LogP contribution is -2.33. The molecule has 108 valence electrons. The Morgan fingerprint density at radius 2 is 1.84 bits per heavy atom. The highest BCUT2D eigenvalue weighted by atomic mass is 16.3. The van der Waals surface area contributed by atoms with Gasteiger partial charge in [0.05, 0.1) is 0 Å². The zero-order valence-electron chi connectivity index (χ0n) is 13.2. The summed E-state index contributed by atoms with van der Waals surface area (Å²) in [5.74, 6) is 3.81. The maximum absolute atomic E-state index is 5.85. The monoisotopic (exact) mass is 263 g/mol. The molecule has 1 saturated carbocycles. The fraction of sp³-hybridized carbons (Fsp3) is 0.765. The molecule has 0 saturated heterocycles. The Hall–Kier alpha value is -0.760. The van der Waals surface area contributed by atoms with Gasteiger partial charge in [-0.1, -0.05) is 32.6 Å². The molecule has 0 amide bonds. The second-order valence-electron chi connectivity index (χ2n) is 6.14. The van der Waals surface area contributed by atoms with Crippen molar-refractivity contribution in [3.8, 4) is 0 Å². The van der Waals surface area contributed by atoms with E-state index in [1.807, 2.05) is 0 Å². The van der Waals surface area contributed by atoms with E-state index in [4.69, 9.17) is 4.42 Å². The van der Waals surface area contributed by atoms with Crippen molar-refractivity contribution >= 4 is 0 Å². The van der Waals surface area contributed by atoms with Crippen molar-refractivity contribution in [3.63, 3.8) is 0 Å². The van der Waals surface area contributed by atoms with Gasteiger partial charge in [0, 0.05) is 11.6 Å². The molecular weight excluding hydrogens is 234 g/mol. The first-order valence-corrected chi connectivity index (χ1v) is 7.83. The molecule has 1 aromatic heterocycles. The molecule has 0 bridgehead atoms. The summed E-state index contributed by atoms with van der Waals surface area (Å²) in [6.07, 6.45) is 6.85. The fourth-order valence-electron chi connectivity index (χ4n) is 4.02. The summed E-state index contributed by atoms with van der Waals surface area (Å²) < 4.78 is 5.85. The minimum atomic E-state index is 0.461. The van der Waals surface area contributed by atoms with Gasteiger partial charge in [0.1, 0.15) is 11.5 Å². The number of rotatable bonds is 4. The lowest BCUT2D eigenvalue weighted by atomic mass is 9.72. The van der Waals surface area contributed by atoms with Crippen LogP contribution in [0.5, 0.6) is 0 Å². The quantitative estimate of drug-likeness (QED) is 0.853. The molecule has 1 N–H and O–H groups in total. The van der Waals surface area contributed by atoms with Gasteiger partial charge in [0.25, 0.3) is 0 Å². The summed E-state index contributed by atoms with van der Waals surface area (Å²) in [5.41, 5.74) is 2.77. The van der Waals surface area contributed by atoms with Gasteiger partial charge in [0.2, 0.25) is 0 Å². The van der Waals surface area contributed by atoms with Crippen LogP contribution in [-0.2, 0) is 0 Å². The molecule has 1 aromatic rings. The molecule has 2 rings (SSSR count). The molecule has 2 nitrogen and oxygen atoms in total. The van der Waals surface area contributed by atoms with Crippen molar-refractivity contribution in [2.24, 2.45) is 11.8 Å². The number of hydrogen-bond donors (Lipinski definition) is 1. The first-order valence-electron chi connectivity index (χ1n) is 7.83. The van der Waals surface area contributed by atoms with Crippen LogP contribution in [0.3, 0.4) is 0 Å². The molecular formula is C17H29NO. The van der Waals surface area contributed by atoms with Crippen LogP contribution in [0, 0.1) is 32.6 Å². The van der Waals surface area contributed by atoms with Crippen molar-refractivity contribution in [1.82, 2.24) is 5.32 Å². The molecule has 0 spiro atoms. The van der Waals surface area contributed by atoms with Crippen LogP contribution in [0.1, 0.15) is 67.7 Å². The molecule has 2 heteroatoms. The van der Waals surface area contributed by atoms with E-state index in [0.29, 0.717) is 6.04 Å². The maximum atomic E-state index is 5.85. The summed E-state index contributed by atoms with van der Waals surface area (Å²) >= 11 is 0. The Labute approximate surface area is 118 Å². The summed E-state index contributed by atoms with van der Waals surface area (Å²) in [5, 5.41) is 3.59. The van der Waals surface area contributed by atoms with E-state index < -0.39 is 0 Å². The first kappa shape index (κ1) is 14.6. The van der Waals surface area contributed by atoms with Gasteiger partial charge in [-0.2, -0.15) is 0 Å². The second kappa shape index (κ2) is 6.13. The number of aryl methyl sites for hydroxylation is 2. The second-order valence-corrected chi connectivity index (χ2v) is 6.14. The van der Waals surface area contributed by atoms with Crippen molar-refractivity contribution in [3.05, 3.63) is 22.6 Å². The Bertz CT molecular complexity index is 421. The van der Waals surface area contributed by atoms with E-state index >= 15 is 0 Å². The third-order valence-electron chi connectivity index (χ3n) is 5.16. The summed E-state index contributed by atoms with van der Waals surface area (Å²) in [6.45, 7) is 8.74. The predicted molar refractivity (Wildman–Crippen MR) is 80.5 cm³/mol. The SMILES string of the molecule is CCC1CCCCC1C(NC)c1c(C)oc(C)c1C. The third-order valence-corrected chi connectivity index (χ3v) is 5.16. The van der Waals surface area contributed by atoms with Crippen LogP contribution in [0.25, 0.3) is 0 Å². The highest BCUT2D eigenvalue weighted by Crippen LogP contribution is 2.42. The molecule has 1 fully saturated rings. The topological polar surface area (TPSA) is 25.2 Å². The van der Waals surface area contributed by atoms with Crippen molar-refractivity contribution in [2.45, 2.75) is 65.8 Å². The van der Waals surface area contributed by atoms with Gasteiger partial charge >= 0.3 is 0 Å². The van der Waals surface area contributed by atoms with Gasteiger partial charge < -0.3 is 9.73 Å². The number of nitrogens with one attached hydrogen (secondary N) is 1. The van der Waals surface area contributed by atoms with Crippen LogP contribution in [0.2, 0.25) is 0 Å². The van der Waals surface area contributed by atoms with Gasteiger partial charge in [-0.25, -0.2) is 0 Å². The Balaban J connectivity index is 2.32. The van der Waals surface area contributed by atoms with E-state index in [2.05, 4.69) is 40.1 Å². The van der Waals surface area contributed by atoms with Crippen LogP contribution >= 0.6 is 0 Å². The molecule has 1 aliphatic rings. The third kappa shape index (κ3) is 2.74. The first-order chi connectivity index (χ1) is 9.10. The standard InChI is InChI=1S/C17H29NO/c1-6-14-9-7-8-10-15(14)17(18-5)16-11(2)12(3)19-13(16)4/h14-15,17-18H,6-10H2,1-5H3. The van der Waals surface area contributed by atoms with Crippen LogP contribution in [0.4, 0.5) is 0 Å². The van der Waals surface area contributed by atoms with Crippen molar-refractivity contribution in [2.75, 3.05) is 7.05 Å². The molecule has 1 aliphatic carbocycles. The van der Waals surface area contributed by atoms with E-state index in [9.17, 15) is 0 Å². The van der Waals surface area contributed by atoms with Gasteiger partial charge in [-0.05, 0) is 51.6 Å². The minimum absolute atomic E-state index is 0.461. The lowest BCUT2D eigenvalue weighted by molar-refractivity contribution is 0.179. The van der Waals surface area contributed by atoms with Crippen LogP contribution in [-0.4, -0.2) is 7.05 Å². The average Bonchev–Trinajstić information content (AvgIpc) is 2.67. The summed E-state index contributed by atoms with van der Waals surface area (Å²) in [6, 6.07) is 0.461. The van der Waals surface area contributed by atoms with Gasteiger partial charge in [-0.3, -0.25) is 0 Å². The Morgan fingerprint density at radius 3 is 2.37 bits per heavy atom. The molecule has 0 radical (unpaired) electrons. The molecule has 3 atom stereocenters. The number of hydrogen-bond acceptors (Lipinski definition) is 2. The molecule has 0 aromatic carbocycles. The maximum Gasteiger partial charge on any atom is 0.106 e. The average molecular weight is 263 g/mol. The minimum Gasteiger partial charge on any atom is -0.466 e. The highest BCUT2D eigenvalue weighted by Gasteiger charge is 2.33. The van der Waals surface area contributed by atoms with Gasteiger partial charge in [-0.15, -0.1) is 0 Å². The highest BCUT2D eigenvalue weighted by molar-refractivity contribution is 5.35. The Kier molecular flexibility index (Phi) is 4.72. The van der Waals surface area contributed by atoms with Gasteiger partial charge in [0.15, 0.2) is 0 Å². The predicted octanol–water partition coefficient (Wildman–Crippen LogP) is 4.68. The smallest absolute Gasteiger partial charge is 0.106 e. The normalized spacial score (nSPS) is 25.5. The van der Waals surface area contributed by atoms with E-state index in [0.717, 1.165) is 23.4 Å². The zero-order valence-corrected chi connectivity index (χ0v) is 13.2. The van der Waals surface area contributed by atoms with Crippen LogP contribution in [0.15, 0.2) is 4.42 Å². The van der Waals surface area contributed by atoms with E-state index in [-0.39, 0.29) is 0 Å². The summed E-state index contributed by atoms with van der Waals surface area (Å²) in [7, 11) is 2.10. The molecule has 1 heterocycles. The zero-order chi connectivity index (χ0) is 14.0. The number of furan rings is 1. The largest absolute Gasteiger partial charge is 0.466 e.